The highest BCUT2D eigenvalue weighted by Gasteiger charge is 2.26. The molecular formula is C14H24N4O2. The van der Waals surface area contributed by atoms with E-state index < -0.39 is 0 Å². The van der Waals surface area contributed by atoms with Crippen molar-refractivity contribution in [2.24, 2.45) is 5.92 Å². The Bertz CT molecular complexity index is 444. The quantitative estimate of drug-likeness (QED) is 0.770. The number of morpholine rings is 1. The van der Waals surface area contributed by atoms with Crippen molar-refractivity contribution in [3.05, 3.63) is 12.2 Å². The van der Waals surface area contributed by atoms with Gasteiger partial charge in [-0.25, -0.2) is 9.67 Å². The molecule has 0 radical (unpaired) electrons. The predicted octanol–water partition coefficient (Wildman–Crippen LogP) is 0.766. The number of rotatable bonds is 6. The number of Topliss-reactive ketones (excluding diaryl/α,β-unsaturated/α-hetero) is 1. The lowest BCUT2D eigenvalue weighted by molar-refractivity contribution is -0.135. The van der Waals surface area contributed by atoms with Crippen molar-refractivity contribution >= 4 is 5.78 Å². The fourth-order valence-corrected chi connectivity index (χ4v) is 2.38. The van der Waals surface area contributed by atoms with E-state index in [-0.39, 0.29) is 11.9 Å². The maximum Gasteiger partial charge on any atom is 0.170 e. The smallest absolute Gasteiger partial charge is 0.170 e. The van der Waals surface area contributed by atoms with E-state index >= 15 is 0 Å². The third-order valence-corrected chi connectivity index (χ3v) is 3.52. The Balaban J connectivity index is 1.95. The van der Waals surface area contributed by atoms with Crippen molar-refractivity contribution in [2.45, 2.75) is 39.8 Å². The van der Waals surface area contributed by atoms with Crippen LogP contribution in [0.5, 0.6) is 0 Å². The number of ketones is 1. The van der Waals surface area contributed by atoms with E-state index in [4.69, 9.17) is 4.74 Å². The highest BCUT2D eigenvalue weighted by Crippen LogP contribution is 2.09. The number of carbonyl (C=O) groups excluding carboxylic acids is 1. The lowest BCUT2D eigenvalue weighted by Gasteiger charge is -2.31. The predicted molar refractivity (Wildman–Crippen MR) is 75.4 cm³/mol. The maximum absolute atomic E-state index is 12.3. The molecule has 1 aromatic rings. The van der Waals surface area contributed by atoms with Crippen LogP contribution in [0, 0.1) is 5.92 Å². The van der Waals surface area contributed by atoms with Crippen LogP contribution in [0.3, 0.4) is 0 Å². The lowest BCUT2D eigenvalue weighted by Crippen LogP contribution is -2.46. The molecule has 112 valence electrons. The fraction of sp³-hybridized carbons (Fsp3) is 0.786. The standard InChI is InChI=1S/C14H24N4O2/c1-4-17-5-6-20-13(9-17)12(19)7-14-15-10-16-18(14)8-11(2)3/h10-11,13H,4-9H2,1-3H3. The zero-order chi connectivity index (χ0) is 14.5. The minimum absolute atomic E-state index is 0.0983. The first-order chi connectivity index (χ1) is 9.60. The highest BCUT2D eigenvalue weighted by molar-refractivity contribution is 5.85. The molecule has 2 heterocycles. The summed E-state index contributed by atoms with van der Waals surface area (Å²) in [5.74, 6) is 1.31. The summed E-state index contributed by atoms with van der Waals surface area (Å²) in [6.07, 6.45) is 1.49. The second-order valence-corrected chi connectivity index (χ2v) is 5.65. The van der Waals surface area contributed by atoms with Gasteiger partial charge in [0.05, 0.1) is 13.0 Å². The van der Waals surface area contributed by atoms with E-state index in [0.29, 0.717) is 25.5 Å². The van der Waals surface area contributed by atoms with E-state index in [1.54, 1.807) is 0 Å². The Labute approximate surface area is 120 Å². The van der Waals surface area contributed by atoms with Crippen LogP contribution in [0.2, 0.25) is 0 Å². The van der Waals surface area contributed by atoms with Gasteiger partial charge in [-0.15, -0.1) is 0 Å². The van der Waals surface area contributed by atoms with Gasteiger partial charge >= 0.3 is 0 Å². The van der Waals surface area contributed by atoms with E-state index in [1.807, 2.05) is 4.68 Å². The molecule has 0 spiro atoms. The Hall–Kier alpha value is -1.27. The summed E-state index contributed by atoms with van der Waals surface area (Å²) in [6.45, 7) is 10.3. The number of likely N-dealkylation sites (N-methyl/N-ethyl adjacent to an activating group) is 1. The van der Waals surface area contributed by atoms with E-state index in [0.717, 1.165) is 25.5 Å². The number of hydrogen-bond acceptors (Lipinski definition) is 5. The van der Waals surface area contributed by atoms with Gasteiger partial charge in [0, 0.05) is 19.6 Å². The van der Waals surface area contributed by atoms with Gasteiger partial charge in [-0.3, -0.25) is 9.69 Å². The monoisotopic (exact) mass is 280 g/mol. The van der Waals surface area contributed by atoms with Gasteiger partial charge in [0.2, 0.25) is 0 Å². The van der Waals surface area contributed by atoms with Gasteiger partial charge in [-0.1, -0.05) is 20.8 Å². The zero-order valence-corrected chi connectivity index (χ0v) is 12.6. The number of aromatic nitrogens is 3. The SMILES string of the molecule is CCN1CCOC(C(=O)Cc2ncnn2CC(C)C)C1. The number of nitrogens with zero attached hydrogens (tertiary/aromatic N) is 4. The lowest BCUT2D eigenvalue weighted by atomic mass is 10.1. The molecule has 0 aromatic carbocycles. The molecule has 0 N–H and O–H groups in total. The third kappa shape index (κ3) is 3.86. The molecule has 2 rings (SSSR count). The second kappa shape index (κ2) is 6.95. The van der Waals surface area contributed by atoms with Crippen LogP contribution in [0.15, 0.2) is 6.33 Å². The zero-order valence-electron chi connectivity index (χ0n) is 12.6. The van der Waals surface area contributed by atoms with Crippen LogP contribution >= 0.6 is 0 Å². The summed E-state index contributed by atoms with van der Waals surface area (Å²) >= 11 is 0. The van der Waals surface area contributed by atoms with E-state index in [2.05, 4.69) is 35.8 Å². The molecule has 0 amide bonds. The van der Waals surface area contributed by atoms with Crippen molar-refractivity contribution in [1.29, 1.82) is 0 Å². The summed E-state index contributed by atoms with van der Waals surface area (Å²) in [5.41, 5.74) is 0. The summed E-state index contributed by atoms with van der Waals surface area (Å²) in [4.78, 5) is 18.8. The molecule has 1 atom stereocenters. The average molecular weight is 280 g/mol. The number of carbonyl (C=O) groups is 1. The number of hydrogen-bond donors (Lipinski definition) is 0. The maximum atomic E-state index is 12.3. The largest absolute Gasteiger partial charge is 0.368 e. The van der Waals surface area contributed by atoms with Gasteiger partial charge in [-0.2, -0.15) is 5.10 Å². The first-order valence-corrected chi connectivity index (χ1v) is 7.33. The first kappa shape index (κ1) is 15.1. The molecule has 6 heteroatoms. The number of ether oxygens (including phenoxy) is 1. The van der Waals surface area contributed by atoms with Crippen molar-refractivity contribution in [1.82, 2.24) is 19.7 Å². The van der Waals surface area contributed by atoms with E-state index in [1.165, 1.54) is 6.33 Å². The molecule has 0 saturated carbocycles. The summed E-state index contributed by atoms with van der Waals surface area (Å²) in [6, 6.07) is 0. The van der Waals surface area contributed by atoms with Gasteiger partial charge < -0.3 is 4.74 Å². The molecule has 1 fully saturated rings. The molecule has 1 aromatic heterocycles. The molecule has 0 bridgehead atoms. The molecular weight excluding hydrogens is 256 g/mol. The van der Waals surface area contributed by atoms with Gasteiger partial charge in [0.25, 0.3) is 0 Å². The average Bonchev–Trinajstić information content (AvgIpc) is 2.85. The summed E-state index contributed by atoms with van der Waals surface area (Å²) in [5, 5.41) is 4.19. The van der Waals surface area contributed by atoms with Crippen LogP contribution in [0.25, 0.3) is 0 Å². The topological polar surface area (TPSA) is 60.2 Å². The molecule has 1 unspecified atom stereocenters. The van der Waals surface area contributed by atoms with E-state index in [9.17, 15) is 4.79 Å². The fourth-order valence-electron chi connectivity index (χ4n) is 2.38. The van der Waals surface area contributed by atoms with Crippen molar-refractivity contribution < 1.29 is 9.53 Å². The summed E-state index contributed by atoms with van der Waals surface area (Å²) in [7, 11) is 0. The second-order valence-electron chi connectivity index (χ2n) is 5.65. The van der Waals surface area contributed by atoms with Crippen LogP contribution in [-0.2, 0) is 22.5 Å². The molecule has 20 heavy (non-hydrogen) atoms. The summed E-state index contributed by atoms with van der Waals surface area (Å²) < 4.78 is 7.42. The molecule has 1 aliphatic heterocycles. The molecule has 6 nitrogen and oxygen atoms in total. The third-order valence-electron chi connectivity index (χ3n) is 3.52. The highest BCUT2D eigenvalue weighted by atomic mass is 16.5. The van der Waals surface area contributed by atoms with Crippen LogP contribution in [0.1, 0.15) is 26.6 Å². The minimum atomic E-state index is -0.326. The first-order valence-electron chi connectivity index (χ1n) is 7.33. The van der Waals surface area contributed by atoms with Gasteiger partial charge in [0.1, 0.15) is 18.3 Å². The van der Waals surface area contributed by atoms with Crippen molar-refractivity contribution in [2.75, 3.05) is 26.2 Å². The molecule has 1 saturated heterocycles. The van der Waals surface area contributed by atoms with Gasteiger partial charge in [0.15, 0.2) is 5.78 Å². The van der Waals surface area contributed by atoms with Crippen molar-refractivity contribution in [3.63, 3.8) is 0 Å². The normalized spacial score (nSPS) is 20.5. The Morgan fingerprint density at radius 3 is 3.05 bits per heavy atom. The van der Waals surface area contributed by atoms with Crippen LogP contribution < -0.4 is 0 Å². The molecule has 1 aliphatic rings. The van der Waals surface area contributed by atoms with Crippen molar-refractivity contribution in [3.8, 4) is 0 Å². The Kier molecular flexibility index (Phi) is 5.25. The van der Waals surface area contributed by atoms with Crippen LogP contribution in [-0.4, -0.2) is 57.8 Å². The van der Waals surface area contributed by atoms with Gasteiger partial charge in [-0.05, 0) is 12.5 Å². The van der Waals surface area contributed by atoms with Crippen LogP contribution in [0.4, 0.5) is 0 Å². The minimum Gasteiger partial charge on any atom is -0.368 e. The Morgan fingerprint density at radius 1 is 1.55 bits per heavy atom. The Morgan fingerprint density at radius 2 is 2.35 bits per heavy atom. The molecule has 0 aliphatic carbocycles.